The lowest BCUT2D eigenvalue weighted by Crippen LogP contribution is -2.29. The number of carbonyl (C=O) groups is 2. The van der Waals surface area contributed by atoms with E-state index in [0.29, 0.717) is 13.0 Å². The predicted molar refractivity (Wildman–Crippen MR) is 70.1 cm³/mol. The molecule has 0 spiro atoms. The van der Waals surface area contributed by atoms with E-state index in [1.54, 1.807) is 30.5 Å². The maximum atomic E-state index is 11.6. The average molecular weight is 274 g/mol. The van der Waals surface area contributed by atoms with Crippen LogP contribution in [0.3, 0.4) is 0 Å². The quantitative estimate of drug-likeness (QED) is 0.791. The molecule has 0 unspecified atom stereocenters. The summed E-state index contributed by atoms with van der Waals surface area (Å²) in [6.45, 7) is 0.623. The second-order valence-corrected chi connectivity index (χ2v) is 4.20. The Bertz CT molecular complexity index is 578. The monoisotopic (exact) mass is 274 g/mol. The van der Waals surface area contributed by atoms with E-state index < -0.39 is 5.97 Å². The topological polar surface area (TPSA) is 97.1 Å². The van der Waals surface area contributed by atoms with E-state index in [-0.39, 0.29) is 18.0 Å². The summed E-state index contributed by atoms with van der Waals surface area (Å²) in [6, 6.07) is 6.59. The van der Waals surface area contributed by atoms with Gasteiger partial charge in [-0.3, -0.25) is 4.79 Å². The standard InChI is InChI=1S/C13H14N4O3/c18-12(9-17-8-7-15-16-17)14-6-5-10-1-3-11(4-2-10)13(19)20/h1-4,7-8H,5-6,9H2,(H,14,18)(H,19,20). The van der Waals surface area contributed by atoms with Crippen molar-refractivity contribution in [2.24, 2.45) is 0 Å². The van der Waals surface area contributed by atoms with Crippen molar-refractivity contribution in [2.75, 3.05) is 6.54 Å². The minimum absolute atomic E-state index is 0.137. The molecular formula is C13H14N4O3. The molecule has 104 valence electrons. The predicted octanol–water partition coefficient (Wildman–Crippen LogP) is 0.335. The van der Waals surface area contributed by atoms with Gasteiger partial charge in [0.2, 0.25) is 5.91 Å². The Kier molecular flexibility index (Phi) is 4.43. The van der Waals surface area contributed by atoms with E-state index in [1.165, 1.54) is 10.9 Å². The summed E-state index contributed by atoms with van der Waals surface area (Å²) in [4.78, 5) is 22.3. The highest BCUT2D eigenvalue weighted by atomic mass is 16.4. The fraction of sp³-hybridized carbons (Fsp3) is 0.231. The third-order valence-electron chi connectivity index (χ3n) is 2.71. The van der Waals surface area contributed by atoms with Crippen molar-refractivity contribution in [1.29, 1.82) is 0 Å². The Balaban J connectivity index is 1.75. The fourth-order valence-electron chi connectivity index (χ4n) is 1.68. The largest absolute Gasteiger partial charge is 0.478 e. The molecule has 0 aliphatic carbocycles. The van der Waals surface area contributed by atoms with Crippen molar-refractivity contribution < 1.29 is 14.7 Å². The SMILES string of the molecule is O=C(Cn1ccnn1)NCCc1ccc(C(=O)O)cc1. The minimum atomic E-state index is -0.947. The lowest BCUT2D eigenvalue weighted by Gasteiger charge is -2.05. The second kappa shape index (κ2) is 6.46. The molecule has 20 heavy (non-hydrogen) atoms. The van der Waals surface area contributed by atoms with Crippen LogP contribution in [0.15, 0.2) is 36.7 Å². The first-order valence-electron chi connectivity index (χ1n) is 6.08. The number of carbonyl (C=O) groups excluding carboxylic acids is 1. The van der Waals surface area contributed by atoms with Gasteiger partial charge in [-0.2, -0.15) is 0 Å². The van der Waals surface area contributed by atoms with Crippen molar-refractivity contribution in [3.8, 4) is 0 Å². The summed E-state index contributed by atoms with van der Waals surface area (Å²) in [5, 5.41) is 18.8. The Morgan fingerprint density at radius 1 is 1.25 bits per heavy atom. The smallest absolute Gasteiger partial charge is 0.335 e. The van der Waals surface area contributed by atoms with Gasteiger partial charge in [-0.1, -0.05) is 17.3 Å². The second-order valence-electron chi connectivity index (χ2n) is 4.20. The first-order chi connectivity index (χ1) is 9.65. The minimum Gasteiger partial charge on any atom is -0.478 e. The van der Waals surface area contributed by atoms with Gasteiger partial charge in [0, 0.05) is 12.7 Å². The molecule has 0 bridgehead atoms. The highest BCUT2D eigenvalue weighted by molar-refractivity contribution is 5.87. The normalized spacial score (nSPS) is 10.2. The first kappa shape index (κ1) is 13.7. The molecule has 2 rings (SSSR count). The summed E-state index contributed by atoms with van der Waals surface area (Å²) in [6.07, 6.45) is 3.77. The number of carboxylic acid groups (broad SMARTS) is 1. The molecule has 0 aliphatic heterocycles. The van der Waals surface area contributed by atoms with Crippen molar-refractivity contribution in [3.63, 3.8) is 0 Å². The molecule has 2 aromatic rings. The lowest BCUT2D eigenvalue weighted by atomic mass is 10.1. The van der Waals surface area contributed by atoms with Crippen LogP contribution in [0.4, 0.5) is 0 Å². The number of rotatable bonds is 6. The van der Waals surface area contributed by atoms with Gasteiger partial charge >= 0.3 is 5.97 Å². The average Bonchev–Trinajstić information content (AvgIpc) is 2.92. The van der Waals surface area contributed by atoms with E-state index in [1.807, 2.05) is 0 Å². The van der Waals surface area contributed by atoms with Gasteiger partial charge in [-0.05, 0) is 24.1 Å². The van der Waals surface area contributed by atoms with E-state index in [0.717, 1.165) is 5.56 Å². The number of nitrogens with zero attached hydrogens (tertiary/aromatic N) is 3. The molecule has 2 N–H and O–H groups in total. The number of carboxylic acids is 1. The molecule has 0 fully saturated rings. The fourth-order valence-corrected chi connectivity index (χ4v) is 1.68. The zero-order valence-electron chi connectivity index (χ0n) is 10.7. The van der Waals surface area contributed by atoms with Crippen LogP contribution in [0.25, 0.3) is 0 Å². The van der Waals surface area contributed by atoms with Crippen LogP contribution in [0.2, 0.25) is 0 Å². The third kappa shape index (κ3) is 3.91. The molecule has 0 radical (unpaired) electrons. The van der Waals surface area contributed by atoms with E-state index in [9.17, 15) is 9.59 Å². The highest BCUT2D eigenvalue weighted by Gasteiger charge is 2.04. The molecule has 0 aliphatic rings. The summed E-state index contributed by atoms with van der Waals surface area (Å²) in [7, 11) is 0. The van der Waals surface area contributed by atoms with Gasteiger partial charge in [0.1, 0.15) is 6.54 Å². The maximum Gasteiger partial charge on any atom is 0.335 e. The summed E-state index contributed by atoms with van der Waals surface area (Å²) >= 11 is 0. The van der Waals surface area contributed by atoms with Crippen LogP contribution in [0.1, 0.15) is 15.9 Å². The highest BCUT2D eigenvalue weighted by Crippen LogP contribution is 2.04. The molecule has 1 aromatic carbocycles. The molecule has 0 saturated carbocycles. The Labute approximate surface area is 115 Å². The lowest BCUT2D eigenvalue weighted by molar-refractivity contribution is -0.121. The Hall–Kier alpha value is -2.70. The van der Waals surface area contributed by atoms with Gasteiger partial charge in [-0.25, -0.2) is 9.48 Å². The molecule has 7 nitrogen and oxygen atoms in total. The van der Waals surface area contributed by atoms with Gasteiger partial charge < -0.3 is 10.4 Å². The maximum absolute atomic E-state index is 11.6. The number of benzene rings is 1. The molecule has 0 atom stereocenters. The number of hydrogen-bond donors (Lipinski definition) is 2. The third-order valence-corrected chi connectivity index (χ3v) is 2.71. The molecular weight excluding hydrogens is 260 g/mol. The Morgan fingerprint density at radius 2 is 2.00 bits per heavy atom. The number of amides is 1. The van der Waals surface area contributed by atoms with Crippen molar-refractivity contribution >= 4 is 11.9 Å². The van der Waals surface area contributed by atoms with Crippen molar-refractivity contribution in [3.05, 3.63) is 47.8 Å². The summed E-state index contributed by atoms with van der Waals surface area (Å²) in [5.74, 6) is -1.09. The molecule has 1 heterocycles. The number of aromatic nitrogens is 3. The van der Waals surface area contributed by atoms with Crippen LogP contribution in [0.5, 0.6) is 0 Å². The van der Waals surface area contributed by atoms with Gasteiger partial charge in [0.15, 0.2) is 0 Å². The number of nitrogens with one attached hydrogen (secondary N) is 1. The van der Waals surface area contributed by atoms with E-state index in [2.05, 4.69) is 15.6 Å². The van der Waals surface area contributed by atoms with Gasteiger partial charge in [-0.15, -0.1) is 5.10 Å². The molecule has 1 amide bonds. The van der Waals surface area contributed by atoms with E-state index >= 15 is 0 Å². The van der Waals surface area contributed by atoms with Gasteiger partial charge in [0.25, 0.3) is 0 Å². The van der Waals surface area contributed by atoms with Crippen LogP contribution in [-0.2, 0) is 17.8 Å². The number of aromatic carboxylic acids is 1. The first-order valence-corrected chi connectivity index (χ1v) is 6.08. The molecule has 1 aromatic heterocycles. The summed E-state index contributed by atoms with van der Waals surface area (Å²) < 4.78 is 1.44. The molecule has 0 saturated heterocycles. The molecule has 7 heteroatoms. The van der Waals surface area contributed by atoms with Crippen LogP contribution < -0.4 is 5.32 Å². The van der Waals surface area contributed by atoms with Crippen LogP contribution >= 0.6 is 0 Å². The zero-order chi connectivity index (χ0) is 14.4. The van der Waals surface area contributed by atoms with Crippen molar-refractivity contribution in [2.45, 2.75) is 13.0 Å². The zero-order valence-corrected chi connectivity index (χ0v) is 10.7. The Morgan fingerprint density at radius 3 is 2.60 bits per heavy atom. The van der Waals surface area contributed by atoms with Crippen molar-refractivity contribution in [1.82, 2.24) is 20.3 Å². The van der Waals surface area contributed by atoms with Gasteiger partial charge in [0.05, 0.1) is 11.8 Å². The summed E-state index contributed by atoms with van der Waals surface area (Å²) in [5.41, 5.74) is 1.22. The van der Waals surface area contributed by atoms with E-state index in [4.69, 9.17) is 5.11 Å². The van der Waals surface area contributed by atoms with Crippen LogP contribution in [0, 0.1) is 0 Å². The number of hydrogen-bond acceptors (Lipinski definition) is 4. The van der Waals surface area contributed by atoms with Crippen LogP contribution in [-0.4, -0.2) is 38.5 Å².